The van der Waals surface area contributed by atoms with Crippen LogP contribution in [0, 0.1) is 0 Å². The molecule has 0 atom stereocenters. The van der Waals surface area contributed by atoms with Gasteiger partial charge in [0.1, 0.15) is 4.21 Å². The molecule has 32 heavy (non-hydrogen) atoms. The standard InChI is InChI=1S/C20H16N6O4S2/c27-19(15-9-4-5-10-16(15)24-32(29,30)18-11-6-12-31-18)22-23-20(28)17-13-26(25-21-17)14-7-2-1-3-8-14/h1-13,24H,(H,22,27)(H,23,28). The predicted octanol–water partition coefficient (Wildman–Crippen LogP) is 2.20. The second kappa shape index (κ2) is 8.99. The van der Waals surface area contributed by atoms with Crippen molar-refractivity contribution in [3.05, 3.63) is 89.6 Å². The summed E-state index contributed by atoms with van der Waals surface area (Å²) in [7, 11) is -3.84. The average Bonchev–Trinajstić information content (AvgIpc) is 3.51. The van der Waals surface area contributed by atoms with Gasteiger partial charge >= 0.3 is 0 Å². The fraction of sp³-hybridized carbons (Fsp3) is 0. The highest BCUT2D eigenvalue weighted by molar-refractivity contribution is 7.94. The zero-order valence-electron chi connectivity index (χ0n) is 16.3. The molecule has 4 rings (SSSR count). The summed E-state index contributed by atoms with van der Waals surface area (Å²) in [6.45, 7) is 0. The molecule has 0 aliphatic heterocycles. The quantitative estimate of drug-likeness (QED) is 0.371. The summed E-state index contributed by atoms with van der Waals surface area (Å²) in [5.74, 6) is -1.39. The van der Waals surface area contributed by atoms with Gasteiger partial charge in [-0.2, -0.15) is 0 Å². The van der Waals surface area contributed by atoms with Gasteiger partial charge in [0.05, 0.1) is 23.1 Å². The van der Waals surface area contributed by atoms with Gasteiger partial charge in [-0.15, -0.1) is 16.4 Å². The molecule has 4 aromatic rings. The Hall–Kier alpha value is -4.03. The van der Waals surface area contributed by atoms with Crippen molar-refractivity contribution in [1.29, 1.82) is 0 Å². The minimum Gasteiger partial charge on any atom is -0.278 e. The molecule has 0 saturated heterocycles. The topological polar surface area (TPSA) is 135 Å². The number of hydrogen-bond donors (Lipinski definition) is 3. The van der Waals surface area contributed by atoms with Gasteiger partial charge in [-0.25, -0.2) is 13.1 Å². The number of nitrogens with one attached hydrogen (secondary N) is 3. The lowest BCUT2D eigenvalue weighted by atomic mass is 10.2. The maximum Gasteiger partial charge on any atom is 0.291 e. The number of carbonyl (C=O) groups excluding carboxylic acids is 2. The highest BCUT2D eigenvalue weighted by atomic mass is 32.2. The van der Waals surface area contributed by atoms with E-state index in [1.807, 2.05) is 18.2 Å². The molecule has 0 bridgehead atoms. The number of rotatable bonds is 6. The van der Waals surface area contributed by atoms with Crippen molar-refractivity contribution in [2.75, 3.05) is 4.72 Å². The lowest BCUT2D eigenvalue weighted by Gasteiger charge is -2.12. The fourth-order valence-electron chi connectivity index (χ4n) is 2.70. The zero-order valence-corrected chi connectivity index (χ0v) is 17.9. The Morgan fingerprint density at radius 3 is 2.34 bits per heavy atom. The summed E-state index contributed by atoms with van der Waals surface area (Å²) in [5.41, 5.74) is 5.31. The molecule has 2 amide bonds. The second-order valence-corrected chi connectivity index (χ2v) is 9.23. The van der Waals surface area contributed by atoms with Gasteiger partial charge in [-0.1, -0.05) is 41.6 Å². The normalized spacial score (nSPS) is 11.0. The first kappa shape index (κ1) is 21.2. The molecule has 3 N–H and O–H groups in total. The Balaban J connectivity index is 1.44. The van der Waals surface area contributed by atoms with Crippen LogP contribution in [0.15, 0.2) is 82.5 Å². The molecule has 0 aliphatic rings. The van der Waals surface area contributed by atoms with E-state index in [0.29, 0.717) is 0 Å². The number of anilines is 1. The van der Waals surface area contributed by atoms with E-state index in [0.717, 1.165) is 17.0 Å². The number of amides is 2. The number of sulfonamides is 1. The van der Waals surface area contributed by atoms with E-state index in [-0.39, 0.29) is 21.2 Å². The molecule has 0 saturated carbocycles. The Kier molecular flexibility index (Phi) is 5.96. The summed E-state index contributed by atoms with van der Waals surface area (Å²) < 4.78 is 28.9. The predicted molar refractivity (Wildman–Crippen MR) is 118 cm³/mol. The second-order valence-electron chi connectivity index (χ2n) is 6.38. The number of nitrogens with zero attached hydrogens (tertiary/aromatic N) is 3. The molecule has 0 unspecified atom stereocenters. The Bertz CT molecular complexity index is 1350. The fourth-order valence-corrected chi connectivity index (χ4v) is 4.77. The van der Waals surface area contributed by atoms with Gasteiger partial charge in [0.2, 0.25) is 0 Å². The van der Waals surface area contributed by atoms with Gasteiger partial charge in [-0.3, -0.25) is 25.2 Å². The van der Waals surface area contributed by atoms with Crippen LogP contribution in [0.2, 0.25) is 0 Å². The zero-order chi connectivity index (χ0) is 22.6. The maximum atomic E-state index is 12.6. The molecule has 2 aromatic carbocycles. The van der Waals surface area contributed by atoms with E-state index in [1.165, 1.54) is 29.1 Å². The van der Waals surface area contributed by atoms with E-state index in [4.69, 9.17) is 0 Å². The van der Waals surface area contributed by atoms with Crippen molar-refractivity contribution >= 4 is 38.9 Å². The molecule has 0 fully saturated rings. The number of para-hydroxylation sites is 2. The Labute approximate surface area is 186 Å². The lowest BCUT2D eigenvalue weighted by Crippen LogP contribution is -2.42. The third-order valence-corrected chi connectivity index (χ3v) is 6.98. The number of benzene rings is 2. The monoisotopic (exact) mass is 468 g/mol. The molecule has 0 aliphatic carbocycles. The minimum absolute atomic E-state index is 0.0131. The van der Waals surface area contributed by atoms with Crippen LogP contribution in [0.3, 0.4) is 0 Å². The highest BCUT2D eigenvalue weighted by Crippen LogP contribution is 2.22. The highest BCUT2D eigenvalue weighted by Gasteiger charge is 2.20. The molecule has 2 aromatic heterocycles. The van der Waals surface area contributed by atoms with Crippen LogP contribution < -0.4 is 15.6 Å². The molecule has 162 valence electrons. The summed E-state index contributed by atoms with van der Waals surface area (Å²) >= 11 is 1.05. The number of aromatic nitrogens is 3. The molecule has 0 radical (unpaired) electrons. The van der Waals surface area contributed by atoms with Crippen molar-refractivity contribution < 1.29 is 18.0 Å². The van der Waals surface area contributed by atoms with Gasteiger partial charge in [-0.05, 0) is 35.7 Å². The van der Waals surface area contributed by atoms with E-state index < -0.39 is 21.8 Å². The summed E-state index contributed by atoms with van der Waals surface area (Å²) in [4.78, 5) is 24.9. The average molecular weight is 469 g/mol. The van der Waals surface area contributed by atoms with Crippen LogP contribution >= 0.6 is 11.3 Å². The third-order valence-electron chi connectivity index (χ3n) is 4.21. The van der Waals surface area contributed by atoms with E-state index in [1.54, 1.807) is 35.7 Å². The van der Waals surface area contributed by atoms with Crippen molar-refractivity contribution in [1.82, 2.24) is 25.8 Å². The van der Waals surface area contributed by atoms with Gasteiger partial charge in [0.15, 0.2) is 5.69 Å². The number of thiophene rings is 1. The Morgan fingerprint density at radius 1 is 0.875 bits per heavy atom. The lowest BCUT2D eigenvalue weighted by molar-refractivity contribution is 0.0844. The van der Waals surface area contributed by atoms with E-state index in [2.05, 4.69) is 25.9 Å². The van der Waals surface area contributed by atoms with Crippen LogP contribution in [-0.4, -0.2) is 35.2 Å². The van der Waals surface area contributed by atoms with Crippen molar-refractivity contribution in [3.63, 3.8) is 0 Å². The number of hydrogen-bond acceptors (Lipinski definition) is 7. The first-order valence-electron chi connectivity index (χ1n) is 9.18. The summed E-state index contributed by atoms with van der Waals surface area (Å²) in [6.07, 6.45) is 1.42. The Morgan fingerprint density at radius 2 is 1.59 bits per heavy atom. The first-order valence-corrected chi connectivity index (χ1v) is 11.5. The van der Waals surface area contributed by atoms with Crippen LogP contribution in [0.1, 0.15) is 20.8 Å². The van der Waals surface area contributed by atoms with Crippen LogP contribution in [-0.2, 0) is 10.0 Å². The molecular formula is C20H16N6O4S2. The van der Waals surface area contributed by atoms with Crippen molar-refractivity contribution in [3.8, 4) is 5.69 Å². The smallest absolute Gasteiger partial charge is 0.278 e. The molecule has 0 spiro atoms. The maximum absolute atomic E-state index is 12.6. The molecule has 12 heteroatoms. The van der Waals surface area contributed by atoms with Gasteiger partial charge in [0, 0.05) is 0 Å². The van der Waals surface area contributed by atoms with Crippen LogP contribution in [0.4, 0.5) is 5.69 Å². The molecular weight excluding hydrogens is 452 g/mol. The van der Waals surface area contributed by atoms with Crippen molar-refractivity contribution in [2.45, 2.75) is 4.21 Å². The molecule has 2 heterocycles. The van der Waals surface area contributed by atoms with Crippen LogP contribution in [0.25, 0.3) is 5.69 Å². The van der Waals surface area contributed by atoms with E-state index >= 15 is 0 Å². The number of carbonyl (C=O) groups is 2. The van der Waals surface area contributed by atoms with E-state index in [9.17, 15) is 18.0 Å². The SMILES string of the molecule is O=C(NNC(=O)c1ccccc1NS(=O)(=O)c1cccs1)c1cn(-c2ccccc2)nn1. The summed E-state index contributed by atoms with van der Waals surface area (Å²) in [5, 5.41) is 9.32. The first-order chi connectivity index (χ1) is 15.4. The van der Waals surface area contributed by atoms with Crippen LogP contribution in [0.5, 0.6) is 0 Å². The molecule has 10 nitrogen and oxygen atoms in total. The minimum atomic E-state index is -3.84. The van der Waals surface area contributed by atoms with Crippen molar-refractivity contribution in [2.24, 2.45) is 0 Å². The largest absolute Gasteiger partial charge is 0.291 e. The number of hydrazine groups is 1. The van der Waals surface area contributed by atoms with Gasteiger partial charge in [0.25, 0.3) is 21.8 Å². The van der Waals surface area contributed by atoms with Gasteiger partial charge < -0.3 is 0 Å². The summed E-state index contributed by atoms with van der Waals surface area (Å²) in [6, 6.07) is 18.2. The third kappa shape index (κ3) is 4.66.